The van der Waals surface area contributed by atoms with Crippen LogP contribution >= 0.6 is 0 Å². The molecule has 9 heterocycles. The third-order valence-electron chi connectivity index (χ3n) is 24.9. The maximum Gasteiger partial charge on any atom is 0.323 e. The highest BCUT2D eigenvalue weighted by molar-refractivity contribution is 6.12. The van der Waals surface area contributed by atoms with Crippen LogP contribution in [-0.2, 0) is 34.0 Å². The fourth-order valence-corrected chi connectivity index (χ4v) is 17.8. The predicted octanol–water partition coefficient (Wildman–Crippen LogP) is 6.83. The Bertz CT molecular complexity index is 5710. The molecule has 33 nitrogen and oxygen atoms in total. The number of oxime groups is 3. The van der Waals surface area contributed by atoms with E-state index >= 15 is 0 Å². The van der Waals surface area contributed by atoms with Crippen LogP contribution < -0.4 is 51.0 Å². The molecule has 0 unspecified atom stereocenters. The van der Waals surface area contributed by atoms with E-state index in [-0.39, 0.29) is 57.0 Å². The van der Waals surface area contributed by atoms with Gasteiger partial charge in [0, 0.05) is 166 Å². The Balaban J connectivity index is 0.000000148. The van der Waals surface area contributed by atoms with E-state index in [1.165, 1.54) is 74.6 Å². The molecule has 33 heteroatoms. The molecule has 3 atom stereocenters. The van der Waals surface area contributed by atoms with E-state index in [2.05, 4.69) is 133 Å². The number of imide groups is 3. The Hall–Kier alpha value is -14.6. The van der Waals surface area contributed by atoms with Gasteiger partial charge >= 0.3 is 18.1 Å². The summed E-state index contributed by atoms with van der Waals surface area (Å²) in [6.07, 6.45) is 8.80. The van der Waals surface area contributed by atoms with E-state index in [4.69, 9.17) is 14.2 Å². The number of nitrogens with zero attached hydrogens (tertiary/aromatic N) is 12. The molecular weight excluding hydrogens is 1630 g/mol. The second-order valence-corrected chi connectivity index (χ2v) is 33.2. The van der Waals surface area contributed by atoms with Crippen molar-refractivity contribution in [2.24, 2.45) is 15.5 Å². The molecule has 9 N–H and O–H groups in total. The number of amides is 12. The van der Waals surface area contributed by atoms with Crippen LogP contribution in [-0.4, -0.2) is 274 Å². The molecule has 7 fully saturated rings. The normalized spacial score (nSPS) is 21.4. The quantitative estimate of drug-likeness (QED) is 0.00965. The third-order valence-corrected chi connectivity index (χ3v) is 24.9. The zero-order valence-corrected chi connectivity index (χ0v) is 72.0. The van der Waals surface area contributed by atoms with Gasteiger partial charge in [0.15, 0.2) is 17.5 Å². The number of carbonyl (C=O) groups excluding carboxylic acids is 9. The van der Waals surface area contributed by atoms with Gasteiger partial charge in [0.2, 0.25) is 16.6 Å². The SMILES string of the molecule is COc1ccc2c(c1)C(=O)N(C[C@@]1(C#Cc3ccc(C(=NO)N4CCCN(C(C)C)CC4)cc3)NC(=O)NC1=O)C2.COc1ccc2c(c1)C(=O)N(C[C@@]1(C#Cc3ccc(C(=NO)N4CCN(C5CCCCCC5)CC4)cc3)NC(=O)NC1=O)C2.COc1ccc2c(c1)C(=O)N(C[C@@]1(C#Cc3ccc(C(=NO)N4CCN(c5ccccc5)CC4)cc3)NC(=O)NC1=O)C2. The van der Waals surface area contributed by atoms with Gasteiger partial charge in [0.1, 0.15) is 17.2 Å². The number of urea groups is 3. The molecule has 10 aliphatic rings. The highest BCUT2D eigenvalue weighted by Gasteiger charge is 2.52. The van der Waals surface area contributed by atoms with Crippen molar-refractivity contribution >= 4 is 76.7 Å². The second-order valence-electron chi connectivity index (χ2n) is 33.2. The molecule has 7 aromatic rings. The van der Waals surface area contributed by atoms with E-state index < -0.39 is 52.4 Å². The second kappa shape index (κ2) is 38.9. The van der Waals surface area contributed by atoms with E-state index in [0.29, 0.717) is 93.3 Å². The van der Waals surface area contributed by atoms with Crippen molar-refractivity contribution in [3.8, 4) is 52.8 Å². The number of benzene rings is 7. The molecular formula is C95H102N18O15. The number of carbonyl (C=O) groups is 9. The Morgan fingerprint density at radius 1 is 0.406 bits per heavy atom. The number of hydrogen-bond donors (Lipinski definition) is 9. The number of rotatable bonds is 15. The first kappa shape index (κ1) is 88.2. The first-order valence-corrected chi connectivity index (χ1v) is 42.9. The standard InChI is InChI=1S/C33H38N6O5.C32H30N6O5.C30H34N6O5/c1-44-27-13-12-25-21-39(30(40)28(25)20-27)22-33(31(41)34-32(42)35-33)15-14-23-8-10-24(11-9-23)29(36-43)38-18-16-37(17-19-38)26-6-4-2-3-5-7-26;1-43-26-12-11-24-20-38(29(39)27(24)19-26)21-32(30(40)33-31(41)34-32)14-13-22-7-9-23(10-8-22)28(35-42)37-17-15-36(16-18-37)25-5-3-2-4-6-25;1-20(2)34-13-4-14-35(16-15-34)26(33-40)22-7-5-21(6-8-22)11-12-30(28(38)31-29(39)32-30)19-36-18-23-9-10-24(41-3)17-25(23)27(36)37/h8-13,20,26,43H,2-7,16-19,21-22H2,1H3,(H2,34,35,41,42);2-12,19,42H,15-18,20-21H2,1H3,(H2,33,34,40,41);5-10,17,20,40H,4,13-16,18-19H2,1-3H3,(H2,31,32,38,39)/t33-;32-;30-/m111/s1. The van der Waals surface area contributed by atoms with Crippen LogP contribution in [0, 0.1) is 35.5 Å². The van der Waals surface area contributed by atoms with Crippen molar-refractivity contribution in [1.29, 1.82) is 0 Å². The first-order valence-electron chi connectivity index (χ1n) is 42.9. The van der Waals surface area contributed by atoms with Crippen LogP contribution in [0.3, 0.4) is 0 Å². The van der Waals surface area contributed by atoms with Gasteiger partial charge in [-0.2, -0.15) is 0 Å². The van der Waals surface area contributed by atoms with E-state index in [1.54, 1.807) is 84.9 Å². The summed E-state index contributed by atoms with van der Waals surface area (Å²) in [6, 6.07) is 46.7. The number of ether oxygens (including phenoxy) is 3. The van der Waals surface area contributed by atoms with Gasteiger partial charge in [-0.15, -0.1) is 0 Å². The minimum absolute atomic E-state index is 0.111. The summed E-state index contributed by atoms with van der Waals surface area (Å²) in [4.78, 5) is 133. The third kappa shape index (κ3) is 19.4. The Morgan fingerprint density at radius 2 is 0.750 bits per heavy atom. The predicted molar refractivity (Wildman–Crippen MR) is 474 cm³/mol. The minimum atomic E-state index is -1.62. The van der Waals surface area contributed by atoms with Gasteiger partial charge in [-0.25, -0.2) is 14.4 Å². The van der Waals surface area contributed by atoms with Gasteiger partial charge in [-0.05, 0) is 171 Å². The average Bonchev–Trinajstić information content (AvgIpc) is 1.63. The van der Waals surface area contributed by atoms with Gasteiger partial charge in [-0.3, -0.25) is 54.5 Å². The van der Waals surface area contributed by atoms with Crippen molar-refractivity contribution < 1.29 is 73.0 Å². The molecule has 662 valence electrons. The van der Waals surface area contributed by atoms with Crippen molar-refractivity contribution in [1.82, 2.24) is 71.1 Å². The van der Waals surface area contributed by atoms with Crippen LogP contribution in [0.2, 0.25) is 0 Å². The number of piperazine rings is 2. The lowest BCUT2D eigenvalue weighted by atomic mass is 9.98. The van der Waals surface area contributed by atoms with Crippen molar-refractivity contribution in [3.63, 3.8) is 0 Å². The smallest absolute Gasteiger partial charge is 0.323 e. The summed E-state index contributed by atoms with van der Waals surface area (Å²) in [5.74, 6) is 18.3. The molecule has 128 heavy (non-hydrogen) atoms. The number of anilines is 1. The number of amidine groups is 3. The van der Waals surface area contributed by atoms with E-state index in [9.17, 15) is 58.8 Å². The summed E-state index contributed by atoms with van der Waals surface area (Å²) in [6.45, 7) is 14.7. The molecule has 12 amide bonds. The lowest BCUT2D eigenvalue weighted by Crippen LogP contribution is -2.54. The fourth-order valence-electron chi connectivity index (χ4n) is 17.8. The fraction of sp³-hybridized carbons (Fsp3) is 0.368. The molecule has 0 aromatic heterocycles. The molecule has 7 aromatic carbocycles. The van der Waals surface area contributed by atoms with Gasteiger partial charge in [0.05, 0.1) is 41.0 Å². The van der Waals surface area contributed by atoms with E-state index in [0.717, 1.165) is 111 Å². The highest BCUT2D eigenvalue weighted by atomic mass is 16.5. The molecule has 0 radical (unpaired) electrons. The zero-order valence-electron chi connectivity index (χ0n) is 72.0. The summed E-state index contributed by atoms with van der Waals surface area (Å²) in [7, 11) is 4.59. The molecule has 1 saturated carbocycles. The molecule has 0 spiro atoms. The highest BCUT2D eigenvalue weighted by Crippen LogP contribution is 2.34. The lowest BCUT2D eigenvalue weighted by molar-refractivity contribution is -0.123. The maximum absolute atomic E-state index is 13.2. The number of hydrogen-bond acceptors (Lipinski definition) is 21. The Kier molecular flexibility index (Phi) is 26.8. The summed E-state index contributed by atoms with van der Waals surface area (Å²) in [5.41, 5.74) is 4.27. The number of fused-ring (bicyclic) bond motifs is 3. The number of para-hydroxylation sites is 1. The maximum atomic E-state index is 13.2. The van der Waals surface area contributed by atoms with E-state index in [1.807, 2.05) is 65.6 Å². The monoisotopic (exact) mass is 1730 g/mol. The molecule has 9 aliphatic heterocycles. The average molecular weight is 1740 g/mol. The van der Waals surface area contributed by atoms with Crippen molar-refractivity contribution in [2.45, 2.75) is 107 Å². The topological polar surface area (TPSA) is 380 Å². The Labute approximate surface area is 741 Å². The zero-order chi connectivity index (χ0) is 89.8. The summed E-state index contributed by atoms with van der Waals surface area (Å²) in [5, 5.41) is 55.1. The summed E-state index contributed by atoms with van der Waals surface area (Å²) >= 11 is 0. The molecule has 17 rings (SSSR count). The number of methoxy groups -OCH3 is 3. The molecule has 6 saturated heterocycles. The first-order chi connectivity index (χ1) is 62.0. The van der Waals surface area contributed by atoms with Crippen LogP contribution in [0.25, 0.3) is 0 Å². The van der Waals surface area contributed by atoms with Crippen molar-refractivity contribution in [3.05, 3.63) is 224 Å². The Morgan fingerprint density at radius 3 is 1.08 bits per heavy atom. The van der Waals surface area contributed by atoms with Gasteiger partial charge in [-0.1, -0.05) is 113 Å². The van der Waals surface area contributed by atoms with Gasteiger partial charge < -0.3 is 80.1 Å². The summed E-state index contributed by atoms with van der Waals surface area (Å²) < 4.78 is 15.7. The van der Waals surface area contributed by atoms with Gasteiger partial charge in [0.25, 0.3) is 35.4 Å². The largest absolute Gasteiger partial charge is 0.497 e. The van der Waals surface area contributed by atoms with Crippen LogP contribution in [0.15, 0.2) is 173 Å². The van der Waals surface area contributed by atoms with Crippen molar-refractivity contribution in [2.75, 3.05) is 124 Å². The molecule has 0 bridgehead atoms. The van der Waals surface area contributed by atoms with Crippen LogP contribution in [0.1, 0.15) is 140 Å². The molecule has 1 aliphatic carbocycles. The van der Waals surface area contributed by atoms with Crippen LogP contribution in [0.4, 0.5) is 20.1 Å². The lowest BCUT2D eigenvalue weighted by Gasteiger charge is -2.40. The minimum Gasteiger partial charge on any atom is -0.497 e. The van der Waals surface area contributed by atoms with Crippen LogP contribution in [0.5, 0.6) is 17.2 Å². The number of nitrogens with one attached hydrogen (secondary N) is 6.